The van der Waals surface area contributed by atoms with Gasteiger partial charge in [-0.05, 0) is 0 Å². The molecule has 0 aliphatic carbocycles. The van der Waals surface area contributed by atoms with Crippen LogP contribution in [0.3, 0.4) is 0 Å². The number of H-pyrrole nitrogens is 1. The summed E-state index contributed by atoms with van der Waals surface area (Å²) in [4.78, 5) is 24.7. The number of Topliss-reactive ketones (excluding diaryl/α,β-unsaturated/α-hetero) is 1. The highest BCUT2D eigenvalue weighted by Gasteiger charge is 2.28. The van der Waals surface area contributed by atoms with Crippen LogP contribution >= 0.6 is 0 Å². The van der Waals surface area contributed by atoms with Crippen LogP contribution < -0.4 is 0 Å². The highest BCUT2D eigenvalue weighted by molar-refractivity contribution is 5.93. The first kappa shape index (κ1) is 9.82. The van der Waals surface area contributed by atoms with Crippen molar-refractivity contribution in [1.29, 1.82) is 0 Å². The molecule has 0 radical (unpaired) electrons. The first-order valence-electron chi connectivity index (χ1n) is 4.86. The standard InChI is InChI=1S/C9H12N4O2/c1-6-5-13(3-2-8(6)14)9(15)7-4-10-12-11-7/h4,6H,2-3,5H2,1H3,(H,10,11,12). The Hall–Kier alpha value is -1.72. The molecule has 1 fully saturated rings. The second-order valence-corrected chi connectivity index (χ2v) is 3.72. The summed E-state index contributed by atoms with van der Waals surface area (Å²) in [5, 5.41) is 9.70. The van der Waals surface area contributed by atoms with Crippen LogP contribution in [0.1, 0.15) is 23.8 Å². The Labute approximate surface area is 86.6 Å². The molecule has 1 aromatic heterocycles. The second-order valence-electron chi connectivity index (χ2n) is 3.72. The number of nitrogens with one attached hydrogen (secondary N) is 1. The van der Waals surface area contributed by atoms with Crippen LogP contribution in [0.25, 0.3) is 0 Å². The number of ketones is 1. The van der Waals surface area contributed by atoms with Crippen molar-refractivity contribution in [2.45, 2.75) is 13.3 Å². The number of carbonyl (C=O) groups is 2. The van der Waals surface area contributed by atoms with E-state index in [1.165, 1.54) is 6.20 Å². The summed E-state index contributed by atoms with van der Waals surface area (Å²) in [5.41, 5.74) is 0.302. The monoisotopic (exact) mass is 208 g/mol. The van der Waals surface area contributed by atoms with Gasteiger partial charge in [-0.2, -0.15) is 15.4 Å². The van der Waals surface area contributed by atoms with Crippen molar-refractivity contribution < 1.29 is 9.59 Å². The summed E-state index contributed by atoms with van der Waals surface area (Å²) in [7, 11) is 0. The van der Waals surface area contributed by atoms with Crippen molar-refractivity contribution >= 4 is 11.7 Å². The van der Waals surface area contributed by atoms with Gasteiger partial charge in [0.25, 0.3) is 5.91 Å². The van der Waals surface area contributed by atoms with Gasteiger partial charge >= 0.3 is 0 Å². The van der Waals surface area contributed by atoms with Crippen LogP contribution in [0.2, 0.25) is 0 Å². The van der Waals surface area contributed by atoms with Gasteiger partial charge in [0.15, 0.2) is 5.69 Å². The molecule has 0 aromatic carbocycles. The van der Waals surface area contributed by atoms with E-state index in [9.17, 15) is 9.59 Å². The first-order chi connectivity index (χ1) is 7.18. The zero-order chi connectivity index (χ0) is 10.8. The van der Waals surface area contributed by atoms with Crippen LogP contribution in [-0.2, 0) is 4.79 Å². The fraction of sp³-hybridized carbons (Fsp3) is 0.556. The number of amides is 1. The smallest absolute Gasteiger partial charge is 0.276 e. The van der Waals surface area contributed by atoms with Crippen molar-refractivity contribution in [2.24, 2.45) is 5.92 Å². The number of aromatic nitrogens is 3. The highest BCUT2D eigenvalue weighted by Crippen LogP contribution is 2.14. The fourth-order valence-corrected chi connectivity index (χ4v) is 1.67. The molecule has 1 unspecified atom stereocenters. The zero-order valence-corrected chi connectivity index (χ0v) is 8.43. The zero-order valence-electron chi connectivity index (χ0n) is 8.43. The topological polar surface area (TPSA) is 79.0 Å². The molecular formula is C9H12N4O2. The maximum Gasteiger partial charge on any atom is 0.276 e. The molecule has 2 heterocycles. The Morgan fingerprint density at radius 2 is 2.47 bits per heavy atom. The van der Waals surface area contributed by atoms with E-state index in [-0.39, 0.29) is 17.6 Å². The van der Waals surface area contributed by atoms with E-state index in [0.29, 0.717) is 25.2 Å². The number of hydrogen-bond acceptors (Lipinski definition) is 4. The van der Waals surface area contributed by atoms with Crippen molar-refractivity contribution in [2.75, 3.05) is 13.1 Å². The number of nitrogens with zero attached hydrogens (tertiary/aromatic N) is 3. The molecular weight excluding hydrogens is 196 g/mol. The molecule has 80 valence electrons. The quantitative estimate of drug-likeness (QED) is 0.696. The molecule has 6 heteroatoms. The average molecular weight is 208 g/mol. The maximum atomic E-state index is 11.8. The summed E-state index contributed by atoms with van der Waals surface area (Å²) in [6, 6.07) is 0. The SMILES string of the molecule is CC1CN(C(=O)c2cn[nH]n2)CCC1=O. The summed E-state index contributed by atoms with van der Waals surface area (Å²) >= 11 is 0. The van der Waals surface area contributed by atoms with Crippen molar-refractivity contribution in [3.8, 4) is 0 Å². The Morgan fingerprint density at radius 1 is 1.67 bits per heavy atom. The van der Waals surface area contributed by atoms with Crippen molar-refractivity contribution in [3.05, 3.63) is 11.9 Å². The molecule has 6 nitrogen and oxygen atoms in total. The Balaban J connectivity index is 2.06. The number of piperidine rings is 1. The molecule has 15 heavy (non-hydrogen) atoms. The Kier molecular flexibility index (Phi) is 2.49. The second kappa shape index (κ2) is 3.80. The summed E-state index contributed by atoms with van der Waals surface area (Å²) in [6.45, 7) is 2.80. The van der Waals surface area contributed by atoms with Gasteiger partial charge in [-0.3, -0.25) is 9.59 Å². The minimum atomic E-state index is -0.164. The predicted molar refractivity (Wildman–Crippen MR) is 51.1 cm³/mol. The molecule has 0 saturated carbocycles. The van der Waals surface area contributed by atoms with Gasteiger partial charge in [0.05, 0.1) is 6.20 Å². The molecule has 1 N–H and O–H groups in total. The molecule has 2 rings (SSSR count). The first-order valence-corrected chi connectivity index (χ1v) is 4.86. The molecule has 1 aliphatic rings. The molecule has 0 bridgehead atoms. The third-order valence-corrected chi connectivity index (χ3v) is 2.59. The molecule has 1 saturated heterocycles. The molecule has 0 spiro atoms. The average Bonchev–Trinajstić information content (AvgIpc) is 2.74. The van der Waals surface area contributed by atoms with Gasteiger partial charge in [0.1, 0.15) is 5.78 Å². The lowest BCUT2D eigenvalue weighted by molar-refractivity contribution is -0.124. The van der Waals surface area contributed by atoms with Gasteiger partial charge in [-0.1, -0.05) is 6.92 Å². The summed E-state index contributed by atoms with van der Waals surface area (Å²) in [5.74, 6) is -0.0168. The number of hydrogen-bond donors (Lipinski definition) is 1. The summed E-state index contributed by atoms with van der Waals surface area (Å²) in [6.07, 6.45) is 1.83. The van der Waals surface area contributed by atoms with Crippen LogP contribution in [0.15, 0.2) is 6.20 Å². The lowest BCUT2D eigenvalue weighted by Gasteiger charge is -2.29. The Bertz CT molecular complexity index is 373. The van der Waals surface area contributed by atoms with Crippen LogP contribution in [0.4, 0.5) is 0 Å². The summed E-state index contributed by atoms with van der Waals surface area (Å²) < 4.78 is 0. The Morgan fingerprint density at radius 3 is 3.07 bits per heavy atom. The third kappa shape index (κ3) is 1.88. The van der Waals surface area contributed by atoms with Gasteiger partial charge in [-0.25, -0.2) is 0 Å². The lowest BCUT2D eigenvalue weighted by Crippen LogP contribution is -2.43. The third-order valence-electron chi connectivity index (χ3n) is 2.59. The van der Waals surface area contributed by atoms with Gasteiger partial charge in [0.2, 0.25) is 0 Å². The fourth-order valence-electron chi connectivity index (χ4n) is 1.67. The van der Waals surface area contributed by atoms with Crippen LogP contribution in [0.5, 0.6) is 0 Å². The molecule has 1 amide bonds. The van der Waals surface area contributed by atoms with Crippen LogP contribution in [0, 0.1) is 5.92 Å². The number of aromatic amines is 1. The minimum Gasteiger partial charge on any atom is -0.336 e. The van der Waals surface area contributed by atoms with E-state index < -0.39 is 0 Å². The van der Waals surface area contributed by atoms with E-state index in [1.807, 2.05) is 6.92 Å². The molecule has 1 atom stereocenters. The maximum absolute atomic E-state index is 11.8. The molecule has 1 aliphatic heterocycles. The van der Waals surface area contributed by atoms with Crippen LogP contribution in [-0.4, -0.2) is 45.1 Å². The predicted octanol–water partition coefficient (Wildman–Crippen LogP) is -0.144. The highest BCUT2D eigenvalue weighted by atomic mass is 16.2. The number of likely N-dealkylation sites (tertiary alicyclic amines) is 1. The normalized spacial score (nSPS) is 21.8. The largest absolute Gasteiger partial charge is 0.336 e. The minimum absolute atomic E-state index is 0.0744. The van der Waals surface area contributed by atoms with E-state index >= 15 is 0 Å². The lowest BCUT2D eigenvalue weighted by atomic mass is 9.98. The van der Waals surface area contributed by atoms with E-state index in [4.69, 9.17) is 0 Å². The van der Waals surface area contributed by atoms with E-state index in [0.717, 1.165) is 0 Å². The molecule has 1 aromatic rings. The van der Waals surface area contributed by atoms with Crippen molar-refractivity contribution in [3.63, 3.8) is 0 Å². The number of carbonyl (C=O) groups excluding carboxylic acids is 2. The number of rotatable bonds is 1. The van der Waals surface area contributed by atoms with E-state index in [1.54, 1.807) is 4.90 Å². The van der Waals surface area contributed by atoms with Gasteiger partial charge in [0, 0.05) is 25.4 Å². The van der Waals surface area contributed by atoms with E-state index in [2.05, 4.69) is 15.4 Å². The van der Waals surface area contributed by atoms with Crippen molar-refractivity contribution in [1.82, 2.24) is 20.3 Å². The van der Waals surface area contributed by atoms with Gasteiger partial charge < -0.3 is 4.90 Å². The van der Waals surface area contributed by atoms with Gasteiger partial charge in [-0.15, -0.1) is 0 Å².